The zero-order valence-electron chi connectivity index (χ0n) is 16.2. The first-order chi connectivity index (χ1) is 14.3. The van der Waals surface area contributed by atoms with Gasteiger partial charge in [-0.2, -0.15) is 4.31 Å². The number of halogens is 1. The molecule has 0 aliphatic carbocycles. The minimum absolute atomic E-state index is 0.108. The smallest absolute Gasteiger partial charge is 0.252 e. The standard InChI is InChI=1S/C21H21ClN2O4S2/c1-24(30(26,27)21-12-11-19(22)29-21)14-20(25)23-13-16-7-9-17(10-8-16)15-28-18-5-3-2-4-6-18/h2-12H,13-15H2,1H3,(H,23,25). The van der Waals surface area contributed by atoms with Gasteiger partial charge >= 0.3 is 0 Å². The third kappa shape index (κ3) is 6.06. The van der Waals surface area contributed by atoms with Crippen LogP contribution in [0.25, 0.3) is 0 Å². The second kappa shape index (κ2) is 10.1. The van der Waals surface area contributed by atoms with Crippen LogP contribution < -0.4 is 10.1 Å². The summed E-state index contributed by atoms with van der Waals surface area (Å²) in [5.74, 6) is 0.415. The maximum absolute atomic E-state index is 12.4. The number of rotatable bonds is 9. The number of carbonyl (C=O) groups is 1. The Morgan fingerprint density at radius 3 is 2.33 bits per heavy atom. The molecule has 3 aromatic rings. The third-order valence-electron chi connectivity index (χ3n) is 4.24. The van der Waals surface area contributed by atoms with Crippen molar-refractivity contribution in [1.29, 1.82) is 0 Å². The van der Waals surface area contributed by atoms with Crippen LogP contribution >= 0.6 is 22.9 Å². The van der Waals surface area contributed by atoms with Crippen LogP contribution in [-0.4, -0.2) is 32.2 Å². The molecule has 0 unspecified atom stereocenters. The summed E-state index contributed by atoms with van der Waals surface area (Å²) < 4.78 is 32.1. The molecule has 0 aliphatic rings. The lowest BCUT2D eigenvalue weighted by Crippen LogP contribution is -2.37. The Kier molecular flexibility index (Phi) is 7.49. The number of carbonyl (C=O) groups excluding carboxylic acids is 1. The zero-order valence-corrected chi connectivity index (χ0v) is 18.6. The number of likely N-dealkylation sites (N-methyl/N-ethyl adjacent to an activating group) is 1. The molecule has 1 N–H and O–H groups in total. The van der Waals surface area contributed by atoms with Gasteiger partial charge in [-0.05, 0) is 35.4 Å². The topological polar surface area (TPSA) is 75.7 Å². The molecule has 0 saturated heterocycles. The monoisotopic (exact) mass is 464 g/mol. The van der Waals surface area contributed by atoms with Gasteiger partial charge < -0.3 is 10.1 Å². The average Bonchev–Trinajstić information content (AvgIpc) is 3.19. The van der Waals surface area contributed by atoms with E-state index in [0.717, 1.165) is 32.5 Å². The molecule has 0 fully saturated rings. The molecular weight excluding hydrogens is 444 g/mol. The number of hydrogen-bond donors (Lipinski definition) is 1. The summed E-state index contributed by atoms with van der Waals surface area (Å²) >= 11 is 6.76. The van der Waals surface area contributed by atoms with Gasteiger partial charge in [-0.1, -0.05) is 54.1 Å². The van der Waals surface area contributed by atoms with Gasteiger partial charge in [-0.15, -0.1) is 11.3 Å². The van der Waals surface area contributed by atoms with Crippen LogP contribution in [0.5, 0.6) is 5.75 Å². The minimum Gasteiger partial charge on any atom is -0.489 e. The molecule has 3 rings (SSSR count). The third-order valence-corrected chi connectivity index (χ3v) is 7.74. The fourth-order valence-corrected chi connectivity index (χ4v) is 5.39. The summed E-state index contributed by atoms with van der Waals surface area (Å²) in [6.07, 6.45) is 0. The van der Waals surface area contributed by atoms with Crippen LogP contribution in [0.1, 0.15) is 11.1 Å². The second-order valence-electron chi connectivity index (χ2n) is 6.51. The number of ether oxygens (including phenoxy) is 1. The largest absolute Gasteiger partial charge is 0.489 e. The SMILES string of the molecule is CN(CC(=O)NCc1ccc(COc2ccccc2)cc1)S(=O)(=O)c1ccc(Cl)s1. The van der Waals surface area contributed by atoms with Crippen molar-refractivity contribution in [3.8, 4) is 5.75 Å². The Morgan fingerprint density at radius 1 is 1.03 bits per heavy atom. The van der Waals surface area contributed by atoms with Gasteiger partial charge in [0.2, 0.25) is 5.91 Å². The highest BCUT2D eigenvalue weighted by molar-refractivity contribution is 7.91. The van der Waals surface area contributed by atoms with E-state index in [1.807, 2.05) is 54.6 Å². The van der Waals surface area contributed by atoms with Crippen LogP contribution in [0.15, 0.2) is 70.9 Å². The molecule has 2 aromatic carbocycles. The lowest BCUT2D eigenvalue weighted by Gasteiger charge is -2.15. The molecule has 1 amide bonds. The number of para-hydroxylation sites is 1. The van der Waals surface area contributed by atoms with Crippen LogP contribution in [0, 0.1) is 0 Å². The number of nitrogens with zero attached hydrogens (tertiary/aromatic N) is 1. The van der Waals surface area contributed by atoms with Crippen molar-refractivity contribution in [3.63, 3.8) is 0 Å². The number of benzene rings is 2. The van der Waals surface area contributed by atoms with E-state index in [0.29, 0.717) is 17.5 Å². The molecule has 158 valence electrons. The second-order valence-corrected chi connectivity index (χ2v) is 10.5. The number of sulfonamides is 1. The molecule has 0 spiro atoms. The summed E-state index contributed by atoms with van der Waals surface area (Å²) in [5, 5.41) is 2.74. The molecular formula is C21H21ClN2O4S2. The predicted molar refractivity (Wildman–Crippen MR) is 118 cm³/mol. The minimum atomic E-state index is -3.74. The number of amides is 1. The van der Waals surface area contributed by atoms with Crippen LogP contribution in [0.3, 0.4) is 0 Å². The van der Waals surface area contributed by atoms with E-state index >= 15 is 0 Å². The quantitative estimate of drug-likeness (QED) is 0.520. The molecule has 0 aliphatic heterocycles. The van der Waals surface area contributed by atoms with Gasteiger partial charge in [0.15, 0.2) is 0 Å². The van der Waals surface area contributed by atoms with Crippen molar-refractivity contribution in [2.45, 2.75) is 17.4 Å². The van der Waals surface area contributed by atoms with Crippen molar-refractivity contribution < 1.29 is 17.9 Å². The van der Waals surface area contributed by atoms with Crippen molar-refractivity contribution in [2.75, 3.05) is 13.6 Å². The van der Waals surface area contributed by atoms with Gasteiger partial charge in [0.05, 0.1) is 10.9 Å². The van der Waals surface area contributed by atoms with Crippen LogP contribution in [0.4, 0.5) is 0 Å². The van der Waals surface area contributed by atoms with E-state index in [9.17, 15) is 13.2 Å². The summed E-state index contributed by atoms with van der Waals surface area (Å²) in [6, 6.07) is 20.2. The molecule has 1 aromatic heterocycles. The lowest BCUT2D eigenvalue weighted by atomic mass is 10.1. The van der Waals surface area contributed by atoms with E-state index in [-0.39, 0.29) is 16.7 Å². The highest BCUT2D eigenvalue weighted by Crippen LogP contribution is 2.27. The van der Waals surface area contributed by atoms with Gasteiger partial charge in [0, 0.05) is 13.6 Å². The number of nitrogens with one attached hydrogen (secondary N) is 1. The summed E-state index contributed by atoms with van der Waals surface area (Å²) in [4.78, 5) is 12.2. The van der Waals surface area contributed by atoms with Crippen molar-refractivity contribution in [3.05, 3.63) is 82.2 Å². The van der Waals surface area contributed by atoms with Crippen molar-refractivity contribution in [1.82, 2.24) is 9.62 Å². The summed E-state index contributed by atoms with van der Waals surface area (Å²) in [5.41, 5.74) is 1.91. The number of hydrogen-bond acceptors (Lipinski definition) is 5. The normalized spacial score (nSPS) is 11.4. The Morgan fingerprint density at radius 2 is 1.70 bits per heavy atom. The molecule has 30 heavy (non-hydrogen) atoms. The van der Waals surface area contributed by atoms with E-state index in [2.05, 4.69) is 5.32 Å². The van der Waals surface area contributed by atoms with Crippen LogP contribution in [0.2, 0.25) is 4.34 Å². The van der Waals surface area contributed by atoms with Crippen molar-refractivity contribution >= 4 is 38.9 Å². The lowest BCUT2D eigenvalue weighted by molar-refractivity contribution is -0.121. The van der Waals surface area contributed by atoms with Gasteiger partial charge in [-0.25, -0.2) is 8.42 Å². The Hall–Kier alpha value is -2.39. The summed E-state index contributed by atoms with van der Waals surface area (Å²) in [7, 11) is -2.37. The maximum Gasteiger partial charge on any atom is 0.252 e. The molecule has 0 atom stereocenters. The van der Waals surface area contributed by atoms with Gasteiger partial charge in [-0.3, -0.25) is 4.79 Å². The molecule has 1 heterocycles. The highest BCUT2D eigenvalue weighted by Gasteiger charge is 2.24. The van der Waals surface area contributed by atoms with Crippen LogP contribution in [-0.2, 0) is 28.0 Å². The first-order valence-corrected chi connectivity index (χ1v) is 11.7. The first kappa shape index (κ1) is 22.3. The Balaban J connectivity index is 1.47. The average molecular weight is 465 g/mol. The van der Waals surface area contributed by atoms with E-state index in [1.54, 1.807) is 0 Å². The molecule has 0 bridgehead atoms. The fraction of sp³-hybridized carbons (Fsp3) is 0.190. The number of thiophene rings is 1. The van der Waals surface area contributed by atoms with Crippen molar-refractivity contribution in [2.24, 2.45) is 0 Å². The fourth-order valence-electron chi connectivity index (χ4n) is 2.57. The molecule has 6 nitrogen and oxygen atoms in total. The Bertz CT molecular complexity index is 1080. The van der Waals surface area contributed by atoms with Gasteiger partial charge in [0.25, 0.3) is 10.0 Å². The molecule has 0 saturated carbocycles. The highest BCUT2D eigenvalue weighted by atomic mass is 35.5. The van der Waals surface area contributed by atoms with E-state index in [1.165, 1.54) is 19.2 Å². The predicted octanol–water partition coefficient (Wildman–Crippen LogP) is 3.92. The first-order valence-electron chi connectivity index (χ1n) is 9.08. The zero-order chi connectivity index (χ0) is 21.6. The van der Waals surface area contributed by atoms with E-state index < -0.39 is 10.0 Å². The summed E-state index contributed by atoms with van der Waals surface area (Å²) in [6.45, 7) is 0.476. The maximum atomic E-state index is 12.4. The molecule has 0 radical (unpaired) electrons. The van der Waals surface area contributed by atoms with E-state index in [4.69, 9.17) is 16.3 Å². The van der Waals surface area contributed by atoms with Gasteiger partial charge in [0.1, 0.15) is 16.6 Å². The molecule has 9 heteroatoms. The Labute approximate surface area is 185 Å².